The Hall–Kier alpha value is -2.37. The van der Waals surface area contributed by atoms with Crippen LogP contribution in [0.5, 0.6) is 0 Å². The molecular formula is C13H10F2N2O2. The van der Waals surface area contributed by atoms with Crippen molar-refractivity contribution in [1.82, 2.24) is 9.78 Å². The highest BCUT2D eigenvalue weighted by atomic mass is 19.2. The molecule has 0 N–H and O–H groups in total. The highest BCUT2D eigenvalue weighted by Crippen LogP contribution is 2.14. The lowest BCUT2D eigenvalue weighted by Crippen LogP contribution is -2.10. The van der Waals surface area contributed by atoms with E-state index in [1.165, 1.54) is 23.1 Å². The fraction of sp³-hybridized carbons (Fsp3) is 0.154. The van der Waals surface area contributed by atoms with Crippen molar-refractivity contribution in [2.45, 2.75) is 6.42 Å². The molecule has 0 fully saturated rings. The van der Waals surface area contributed by atoms with Crippen LogP contribution >= 0.6 is 0 Å². The average Bonchev–Trinajstić information content (AvgIpc) is 2.79. The molecule has 0 saturated heterocycles. The molecule has 0 aliphatic heterocycles. The predicted octanol–water partition coefficient (Wildman–Crippen LogP) is 2.15. The van der Waals surface area contributed by atoms with E-state index in [1.54, 1.807) is 7.05 Å². The van der Waals surface area contributed by atoms with E-state index >= 15 is 0 Å². The molecular weight excluding hydrogens is 254 g/mol. The van der Waals surface area contributed by atoms with Crippen LogP contribution in [0.4, 0.5) is 8.78 Å². The Labute approximate surface area is 107 Å². The first-order chi connectivity index (χ1) is 8.99. The van der Waals surface area contributed by atoms with Crippen molar-refractivity contribution < 1.29 is 18.4 Å². The van der Waals surface area contributed by atoms with Crippen LogP contribution in [0.1, 0.15) is 27.1 Å². The molecule has 1 aromatic heterocycles. The smallest absolute Gasteiger partial charge is 0.173 e. The molecule has 0 aliphatic rings. The van der Waals surface area contributed by atoms with Crippen LogP contribution in [-0.2, 0) is 7.05 Å². The Kier molecular flexibility index (Phi) is 3.50. The van der Waals surface area contributed by atoms with Gasteiger partial charge in [-0.05, 0) is 12.1 Å². The van der Waals surface area contributed by atoms with Crippen molar-refractivity contribution in [3.05, 3.63) is 53.4 Å². The minimum atomic E-state index is -1.23. The van der Waals surface area contributed by atoms with Crippen molar-refractivity contribution in [2.24, 2.45) is 7.05 Å². The number of benzene rings is 1. The SMILES string of the molecule is Cn1cc(C(=O)CC(=O)c2cccc(F)c2F)cn1. The minimum absolute atomic E-state index is 0.257. The summed E-state index contributed by atoms with van der Waals surface area (Å²) in [4.78, 5) is 23.5. The zero-order valence-electron chi connectivity index (χ0n) is 10.1. The van der Waals surface area contributed by atoms with Crippen LogP contribution in [0, 0.1) is 11.6 Å². The summed E-state index contributed by atoms with van der Waals surface area (Å²) >= 11 is 0. The molecule has 0 aliphatic carbocycles. The summed E-state index contributed by atoms with van der Waals surface area (Å²) in [5.74, 6) is -3.58. The monoisotopic (exact) mass is 264 g/mol. The normalized spacial score (nSPS) is 10.5. The van der Waals surface area contributed by atoms with Gasteiger partial charge in [0.15, 0.2) is 23.2 Å². The maximum Gasteiger partial charge on any atom is 0.173 e. The standard InChI is InChI=1S/C13H10F2N2O2/c1-17-7-8(6-16-17)11(18)5-12(19)9-3-2-4-10(14)13(9)15/h2-4,6-7H,5H2,1H3. The Bertz CT molecular complexity index is 650. The number of halogens is 2. The topological polar surface area (TPSA) is 52.0 Å². The van der Waals surface area contributed by atoms with E-state index in [1.807, 2.05) is 0 Å². The average molecular weight is 264 g/mol. The van der Waals surface area contributed by atoms with E-state index in [9.17, 15) is 18.4 Å². The van der Waals surface area contributed by atoms with Crippen LogP contribution < -0.4 is 0 Å². The Morgan fingerprint density at radius 3 is 2.63 bits per heavy atom. The summed E-state index contributed by atoms with van der Waals surface area (Å²) in [6, 6.07) is 3.28. The number of carbonyl (C=O) groups excluding carboxylic acids is 2. The fourth-order valence-electron chi connectivity index (χ4n) is 1.63. The van der Waals surface area contributed by atoms with Crippen molar-refractivity contribution in [3.8, 4) is 0 Å². The third kappa shape index (κ3) is 2.73. The molecule has 19 heavy (non-hydrogen) atoms. The van der Waals surface area contributed by atoms with E-state index in [0.717, 1.165) is 12.1 Å². The van der Waals surface area contributed by atoms with Gasteiger partial charge in [-0.25, -0.2) is 8.78 Å². The number of Topliss-reactive ketones (excluding diaryl/α,β-unsaturated/α-hetero) is 2. The number of ketones is 2. The molecule has 2 rings (SSSR count). The lowest BCUT2D eigenvalue weighted by molar-refractivity contribution is 0.0891. The van der Waals surface area contributed by atoms with E-state index in [-0.39, 0.29) is 5.56 Å². The summed E-state index contributed by atoms with van der Waals surface area (Å²) in [6.45, 7) is 0. The van der Waals surface area contributed by atoms with E-state index in [0.29, 0.717) is 0 Å². The van der Waals surface area contributed by atoms with Crippen molar-refractivity contribution in [3.63, 3.8) is 0 Å². The van der Waals surface area contributed by atoms with E-state index in [4.69, 9.17) is 0 Å². The Balaban J connectivity index is 2.17. The molecule has 6 heteroatoms. The van der Waals surface area contributed by atoms with Crippen molar-refractivity contribution in [1.29, 1.82) is 0 Å². The maximum atomic E-state index is 13.4. The second kappa shape index (κ2) is 5.09. The van der Waals surface area contributed by atoms with Crippen molar-refractivity contribution in [2.75, 3.05) is 0 Å². The number of nitrogens with zero attached hydrogens (tertiary/aromatic N) is 2. The van der Waals surface area contributed by atoms with Gasteiger partial charge in [-0.15, -0.1) is 0 Å². The van der Waals surface area contributed by atoms with Gasteiger partial charge in [0.05, 0.1) is 23.7 Å². The molecule has 0 saturated carbocycles. The van der Waals surface area contributed by atoms with Crippen molar-refractivity contribution >= 4 is 11.6 Å². The molecule has 0 amide bonds. The molecule has 0 radical (unpaired) electrons. The molecule has 4 nitrogen and oxygen atoms in total. The molecule has 1 heterocycles. The highest BCUT2D eigenvalue weighted by molar-refractivity contribution is 6.13. The zero-order valence-corrected chi connectivity index (χ0v) is 10.1. The summed E-state index contributed by atoms with van der Waals surface area (Å²) in [6.07, 6.45) is 2.25. The van der Waals surface area contributed by atoms with Crippen LogP contribution in [0.15, 0.2) is 30.6 Å². The third-order valence-corrected chi connectivity index (χ3v) is 2.60. The van der Waals surface area contributed by atoms with E-state index in [2.05, 4.69) is 5.10 Å². The van der Waals surface area contributed by atoms with Crippen LogP contribution in [0.3, 0.4) is 0 Å². The summed E-state index contributed by atoms with van der Waals surface area (Å²) in [5, 5.41) is 3.80. The maximum absolute atomic E-state index is 13.4. The highest BCUT2D eigenvalue weighted by Gasteiger charge is 2.19. The first-order valence-electron chi connectivity index (χ1n) is 5.48. The number of hydrogen-bond acceptors (Lipinski definition) is 3. The van der Waals surface area contributed by atoms with E-state index < -0.39 is 35.2 Å². The predicted molar refractivity (Wildman–Crippen MR) is 62.8 cm³/mol. The summed E-state index contributed by atoms with van der Waals surface area (Å²) in [7, 11) is 1.63. The molecule has 0 unspecified atom stereocenters. The first kappa shape index (κ1) is 13.1. The number of carbonyl (C=O) groups is 2. The number of aromatic nitrogens is 2. The lowest BCUT2D eigenvalue weighted by Gasteiger charge is -2.02. The summed E-state index contributed by atoms with van der Waals surface area (Å²) in [5.41, 5.74) is -0.162. The van der Waals surface area contributed by atoms with Gasteiger partial charge in [-0.1, -0.05) is 6.07 Å². The van der Waals surface area contributed by atoms with Gasteiger partial charge >= 0.3 is 0 Å². The van der Waals surface area contributed by atoms with Gasteiger partial charge in [0.2, 0.25) is 0 Å². The number of aryl methyl sites for hydroxylation is 1. The molecule has 0 spiro atoms. The van der Waals surface area contributed by atoms with Gasteiger partial charge in [0.1, 0.15) is 0 Å². The molecule has 1 aromatic carbocycles. The van der Waals surface area contributed by atoms with Gasteiger partial charge in [-0.2, -0.15) is 5.10 Å². The fourth-order valence-corrected chi connectivity index (χ4v) is 1.63. The van der Waals surface area contributed by atoms with Crippen LogP contribution in [-0.4, -0.2) is 21.3 Å². The third-order valence-electron chi connectivity index (χ3n) is 2.60. The van der Waals surface area contributed by atoms with Crippen LogP contribution in [0.2, 0.25) is 0 Å². The number of hydrogen-bond donors (Lipinski definition) is 0. The van der Waals surface area contributed by atoms with Gasteiger partial charge in [0.25, 0.3) is 0 Å². The second-order valence-electron chi connectivity index (χ2n) is 4.03. The van der Waals surface area contributed by atoms with Gasteiger partial charge in [0, 0.05) is 13.2 Å². The Morgan fingerprint density at radius 1 is 1.26 bits per heavy atom. The molecule has 0 atom stereocenters. The lowest BCUT2D eigenvalue weighted by atomic mass is 10.0. The summed E-state index contributed by atoms with van der Waals surface area (Å²) < 4.78 is 27.8. The zero-order chi connectivity index (χ0) is 14.0. The minimum Gasteiger partial charge on any atom is -0.294 e. The second-order valence-corrected chi connectivity index (χ2v) is 4.03. The molecule has 0 bridgehead atoms. The number of rotatable bonds is 4. The first-order valence-corrected chi connectivity index (χ1v) is 5.48. The quantitative estimate of drug-likeness (QED) is 0.628. The van der Waals surface area contributed by atoms with Crippen LogP contribution in [0.25, 0.3) is 0 Å². The van der Waals surface area contributed by atoms with Gasteiger partial charge < -0.3 is 0 Å². The molecule has 98 valence electrons. The van der Waals surface area contributed by atoms with Gasteiger partial charge in [-0.3, -0.25) is 14.3 Å². The molecule has 2 aromatic rings. The largest absolute Gasteiger partial charge is 0.294 e. The Morgan fingerprint density at radius 2 is 2.00 bits per heavy atom.